The summed E-state index contributed by atoms with van der Waals surface area (Å²) in [6.07, 6.45) is 0.0795. The first kappa shape index (κ1) is 22.7. The maximum Gasteiger partial charge on any atom is 0.420 e. The van der Waals surface area contributed by atoms with Crippen molar-refractivity contribution in [2.45, 2.75) is 78.0 Å². The Morgan fingerprint density at radius 3 is 1.93 bits per heavy atom. The summed E-state index contributed by atoms with van der Waals surface area (Å²) in [4.78, 5) is 41.7. The fourth-order valence-corrected chi connectivity index (χ4v) is 3.08. The summed E-state index contributed by atoms with van der Waals surface area (Å²) < 4.78 is 10.9. The first-order valence-corrected chi connectivity index (χ1v) is 10.0. The van der Waals surface area contributed by atoms with Gasteiger partial charge >= 0.3 is 12.2 Å². The average Bonchev–Trinajstić information content (AvgIpc) is 2.75. The first-order chi connectivity index (χ1) is 13.4. The zero-order chi connectivity index (χ0) is 21.8. The molecule has 1 atom stereocenters. The molecule has 1 aromatic carbocycles. The van der Waals surface area contributed by atoms with E-state index in [4.69, 9.17) is 9.47 Å². The molecule has 0 unspecified atom stereocenters. The van der Waals surface area contributed by atoms with Gasteiger partial charge in [0.2, 0.25) is 0 Å². The number of para-hydroxylation sites is 1. The van der Waals surface area contributed by atoms with Gasteiger partial charge in [-0.05, 0) is 72.9 Å². The Labute approximate surface area is 172 Å². The molecule has 29 heavy (non-hydrogen) atoms. The van der Waals surface area contributed by atoms with E-state index in [0.29, 0.717) is 19.4 Å². The van der Waals surface area contributed by atoms with Gasteiger partial charge in [0.05, 0.1) is 0 Å². The topological polar surface area (TPSA) is 76.2 Å². The number of rotatable bonds is 2. The zero-order valence-electron chi connectivity index (χ0n) is 18.2. The van der Waals surface area contributed by atoms with Crippen molar-refractivity contribution in [1.82, 2.24) is 4.90 Å². The van der Waals surface area contributed by atoms with Crippen LogP contribution >= 0.6 is 0 Å². The third-order valence-corrected chi connectivity index (χ3v) is 4.22. The molecule has 1 fully saturated rings. The Hall–Kier alpha value is -2.57. The molecule has 7 nitrogen and oxygen atoms in total. The van der Waals surface area contributed by atoms with E-state index in [1.807, 2.05) is 30.3 Å². The number of hydrogen-bond acceptors (Lipinski definition) is 5. The molecule has 0 N–H and O–H groups in total. The van der Waals surface area contributed by atoms with Crippen LogP contribution < -0.4 is 4.90 Å². The standard InChI is InChI=1S/C22H32N2O5/c1-21(2,3)28-19(26)24(20(27)29-22(4,5)6)17-14-10-11-15-23(18(17)25)16-12-8-7-9-13-16/h7-9,12-13,17H,10-11,14-15H2,1-6H3/t17-/m0/s1. The zero-order valence-corrected chi connectivity index (χ0v) is 18.2. The normalized spacial score (nSPS) is 18.1. The van der Waals surface area contributed by atoms with Gasteiger partial charge in [-0.2, -0.15) is 4.90 Å². The van der Waals surface area contributed by atoms with Crippen molar-refractivity contribution in [3.8, 4) is 0 Å². The second-order valence-electron chi connectivity index (χ2n) is 9.17. The molecule has 160 valence electrons. The molecule has 1 heterocycles. The fourth-order valence-electron chi connectivity index (χ4n) is 3.08. The predicted octanol–water partition coefficient (Wildman–Crippen LogP) is 4.74. The summed E-state index contributed by atoms with van der Waals surface area (Å²) in [5.41, 5.74) is -0.896. The van der Waals surface area contributed by atoms with Gasteiger partial charge in [0.15, 0.2) is 0 Å². The van der Waals surface area contributed by atoms with Crippen LogP contribution in [0.4, 0.5) is 15.3 Å². The molecule has 1 saturated heterocycles. The van der Waals surface area contributed by atoms with Crippen molar-refractivity contribution in [2.24, 2.45) is 0 Å². The fraction of sp³-hybridized carbons (Fsp3) is 0.591. The minimum atomic E-state index is -0.984. The highest BCUT2D eigenvalue weighted by molar-refractivity contribution is 6.02. The lowest BCUT2D eigenvalue weighted by atomic mass is 10.1. The number of anilines is 1. The molecule has 7 heteroatoms. The van der Waals surface area contributed by atoms with E-state index in [-0.39, 0.29) is 5.91 Å². The van der Waals surface area contributed by atoms with Gasteiger partial charge in [-0.1, -0.05) is 18.2 Å². The van der Waals surface area contributed by atoms with Gasteiger partial charge < -0.3 is 14.4 Å². The lowest BCUT2D eigenvalue weighted by molar-refractivity contribution is -0.123. The van der Waals surface area contributed by atoms with E-state index in [0.717, 1.165) is 17.0 Å². The lowest BCUT2D eigenvalue weighted by Gasteiger charge is -2.34. The second-order valence-corrected chi connectivity index (χ2v) is 9.17. The summed E-state index contributed by atoms with van der Waals surface area (Å²) in [6.45, 7) is 10.8. The third-order valence-electron chi connectivity index (χ3n) is 4.22. The molecular weight excluding hydrogens is 372 g/mol. The Morgan fingerprint density at radius 2 is 1.45 bits per heavy atom. The number of benzene rings is 1. The summed E-state index contributed by atoms with van der Waals surface area (Å²) in [6, 6.07) is 8.26. The summed E-state index contributed by atoms with van der Waals surface area (Å²) >= 11 is 0. The Kier molecular flexibility index (Phi) is 6.93. The largest absolute Gasteiger partial charge is 0.443 e. The lowest BCUT2D eigenvalue weighted by Crippen LogP contribution is -2.55. The van der Waals surface area contributed by atoms with Crippen LogP contribution in [0.3, 0.4) is 0 Å². The second kappa shape index (κ2) is 8.84. The van der Waals surface area contributed by atoms with Crippen molar-refractivity contribution in [2.75, 3.05) is 11.4 Å². The molecule has 0 radical (unpaired) electrons. The van der Waals surface area contributed by atoms with Gasteiger partial charge in [0.1, 0.15) is 17.2 Å². The number of imide groups is 1. The van der Waals surface area contributed by atoms with Crippen LogP contribution in [0.1, 0.15) is 60.8 Å². The van der Waals surface area contributed by atoms with Gasteiger partial charge in [-0.25, -0.2) is 9.59 Å². The molecule has 0 aromatic heterocycles. The molecular formula is C22H32N2O5. The number of ether oxygens (including phenoxy) is 2. The number of carbonyl (C=O) groups excluding carboxylic acids is 3. The van der Waals surface area contributed by atoms with E-state index in [2.05, 4.69) is 0 Å². The van der Waals surface area contributed by atoms with Crippen molar-refractivity contribution >= 4 is 23.8 Å². The van der Waals surface area contributed by atoms with Crippen molar-refractivity contribution < 1.29 is 23.9 Å². The number of hydrogen-bond donors (Lipinski definition) is 0. The summed E-state index contributed by atoms with van der Waals surface area (Å²) in [5.74, 6) is -0.314. The van der Waals surface area contributed by atoms with Crippen LogP contribution in [0.15, 0.2) is 30.3 Å². The van der Waals surface area contributed by atoms with Crippen LogP contribution in [-0.2, 0) is 14.3 Å². The number of carbonyl (C=O) groups is 3. The van der Waals surface area contributed by atoms with Gasteiger partial charge in [0, 0.05) is 12.2 Å². The van der Waals surface area contributed by atoms with Gasteiger partial charge in [-0.15, -0.1) is 0 Å². The molecule has 0 bridgehead atoms. The van der Waals surface area contributed by atoms with Crippen molar-refractivity contribution in [3.05, 3.63) is 30.3 Å². The summed E-state index contributed by atoms with van der Waals surface area (Å²) in [7, 11) is 0. The average molecular weight is 405 g/mol. The van der Waals surface area contributed by atoms with Gasteiger partial charge in [-0.3, -0.25) is 4.79 Å². The molecule has 0 spiro atoms. The van der Waals surface area contributed by atoms with E-state index < -0.39 is 29.4 Å². The smallest absolute Gasteiger partial charge is 0.420 e. The molecule has 3 amide bonds. The first-order valence-electron chi connectivity index (χ1n) is 10.0. The van der Waals surface area contributed by atoms with Crippen LogP contribution in [0.25, 0.3) is 0 Å². The maximum absolute atomic E-state index is 13.4. The van der Waals surface area contributed by atoms with E-state index >= 15 is 0 Å². The molecule has 1 aliphatic rings. The highest BCUT2D eigenvalue weighted by atomic mass is 16.6. The van der Waals surface area contributed by atoms with E-state index in [9.17, 15) is 14.4 Å². The van der Waals surface area contributed by atoms with Crippen molar-refractivity contribution in [1.29, 1.82) is 0 Å². The third kappa shape index (κ3) is 6.48. The van der Waals surface area contributed by atoms with Crippen molar-refractivity contribution in [3.63, 3.8) is 0 Å². The summed E-state index contributed by atoms with van der Waals surface area (Å²) in [5, 5.41) is 0. The SMILES string of the molecule is CC(C)(C)OC(=O)N(C(=O)OC(C)(C)C)[C@H]1CCCCN(c2ccccc2)C1=O. The molecule has 0 saturated carbocycles. The molecule has 0 aliphatic carbocycles. The van der Waals surface area contributed by atoms with Crippen LogP contribution in [0.5, 0.6) is 0 Å². The minimum absolute atomic E-state index is 0.314. The maximum atomic E-state index is 13.4. The Balaban J connectivity index is 2.39. The Morgan fingerprint density at radius 1 is 0.931 bits per heavy atom. The molecule has 1 aromatic rings. The van der Waals surface area contributed by atoms with E-state index in [1.165, 1.54) is 0 Å². The van der Waals surface area contributed by atoms with Crippen LogP contribution in [0.2, 0.25) is 0 Å². The quantitative estimate of drug-likeness (QED) is 0.711. The highest BCUT2D eigenvalue weighted by Gasteiger charge is 2.42. The molecule has 2 rings (SSSR count). The van der Waals surface area contributed by atoms with E-state index in [1.54, 1.807) is 46.4 Å². The molecule has 1 aliphatic heterocycles. The van der Waals surface area contributed by atoms with Crippen LogP contribution in [0, 0.1) is 0 Å². The van der Waals surface area contributed by atoms with Crippen LogP contribution in [-0.4, -0.2) is 46.8 Å². The predicted molar refractivity (Wildman–Crippen MR) is 111 cm³/mol. The minimum Gasteiger partial charge on any atom is -0.443 e. The van der Waals surface area contributed by atoms with Gasteiger partial charge in [0.25, 0.3) is 5.91 Å². The highest BCUT2D eigenvalue weighted by Crippen LogP contribution is 2.26. The Bertz CT molecular complexity index is 706. The monoisotopic (exact) mass is 404 g/mol. The number of amides is 3. The number of nitrogens with zero attached hydrogens (tertiary/aromatic N) is 2.